The number of nitrogens with zero attached hydrogens (tertiary/aromatic N) is 4. The first-order chi connectivity index (χ1) is 17.6. The number of rotatable bonds is 5. The van der Waals surface area contributed by atoms with Gasteiger partial charge in [-0.3, -0.25) is 9.59 Å². The van der Waals surface area contributed by atoms with E-state index >= 15 is 0 Å². The third kappa shape index (κ3) is 4.25. The smallest absolute Gasteiger partial charge is 0.259 e. The van der Waals surface area contributed by atoms with E-state index in [1.807, 2.05) is 36.9 Å². The molecule has 3 aromatic rings. The molecule has 194 valence electrons. The summed E-state index contributed by atoms with van der Waals surface area (Å²) < 4.78 is 1.53. The van der Waals surface area contributed by atoms with Crippen molar-refractivity contribution in [2.45, 2.75) is 83.5 Å². The third-order valence-corrected chi connectivity index (χ3v) is 8.46. The average molecular weight is 503 g/mol. The summed E-state index contributed by atoms with van der Waals surface area (Å²) in [5.41, 5.74) is 10.5. The van der Waals surface area contributed by atoms with Gasteiger partial charge in [0.2, 0.25) is 0 Å². The Bertz CT molecular complexity index is 1410. The summed E-state index contributed by atoms with van der Waals surface area (Å²) in [5, 5.41) is 17.6. The van der Waals surface area contributed by atoms with E-state index in [9.17, 15) is 14.7 Å². The number of amides is 2. The molecule has 0 unspecified atom stereocenters. The lowest BCUT2D eigenvalue weighted by molar-refractivity contribution is 0.0140. The summed E-state index contributed by atoms with van der Waals surface area (Å²) >= 11 is 0. The van der Waals surface area contributed by atoms with Gasteiger partial charge in [0.1, 0.15) is 5.56 Å². The summed E-state index contributed by atoms with van der Waals surface area (Å²) in [4.78, 5) is 33.2. The Kier molecular flexibility index (Phi) is 5.52. The number of fused-ring (bicyclic) bond motifs is 2. The van der Waals surface area contributed by atoms with E-state index in [1.54, 1.807) is 6.20 Å². The van der Waals surface area contributed by atoms with Crippen molar-refractivity contribution in [1.82, 2.24) is 24.8 Å². The molecule has 2 fully saturated rings. The highest BCUT2D eigenvalue weighted by Gasteiger charge is 2.39. The fourth-order valence-corrected chi connectivity index (χ4v) is 5.97. The van der Waals surface area contributed by atoms with Crippen LogP contribution in [0.5, 0.6) is 0 Å². The molecule has 2 amide bonds. The predicted octanol–water partition coefficient (Wildman–Crippen LogP) is 3.46. The first-order valence-corrected chi connectivity index (χ1v) is 13.2. The van der Waals surface area contributed by atoms with Crippen molar-refractivity contribution in [3.63, 3.8) is 0 Å². The van der Waals surface area contributed by atoms with E-state index in [4.69, 9.17) is 10.7 Å². The Balaban J connectivity index is 1.30. The number of carbonyl (C=O) groups excluding carboxylic acids is 2. The Hall–Kier alpha value is -3.46. The van der Waals surface area contributed by atoms with Gasteiger partial charge in [-0.25, -0.2) is 9.50 Å². The van der Waals surface area contributed by atoms with Crippen LogP contribution in [0.4, 0.5) is 5.82 Å². The number of aromatic nitrogens is 3. The molecular formula is C28H34N6O3. The maximum Gasteiger partial charge on any atom is 0.259 e. The largest absolute Gasteiger partial charge is 0.390 e. The number of benzene rings is 1. The van der Waals surface area contributed by atoms with E-state index in [0.717, 1.165) is 22.3 Å². The second-order valence-corrected chi connectivity index (χ2v) is 11.4. The van der Waals surface area contributed by atoms with Gasteiger partial charge in [-0.05, 0) is 94.5 Å². The highest BCUT2D eigenvalue weighted by molar-refractivity contribution is 6.04. The highest BCUT2D eigenvalue weighted by atomic mass is 16.3. The Morgan fingerprint density at radius 3 is 2.68 bits per heavy atom. The van der Waals surface area contributed by atoms with Gasteiger partial charge in [0.05, 0.1) is 11.3 Å². The molecule has 3 heterocycles. The van der Waals surface area contributed by atoms with Crippen LogP contribution in [0.2, 0.25) is 0 Å². The molecule has 9 heteroatoms. The van der Waals surface area contributed by atoms with Crippen molar-refractivity contribution in [2.75, 3.05) is 5.73 Å². The van der Waals surface area contributed by atoms with Crippen molar-refractivity contribution in [3.8, 4) is 11.3 Å². The van der Waals surface area contributed by atoms with Crippen LogP contribution >= 0.6 is 0 Å². The van der Waals surface area contributed by atoms with Crippen molar-refractivity contribution in [3.05, 3.63) is 46.6 Å². The van der Waals surface area contributed by atoms with Crippen LogP contribution in [-0.4, -0.2) is 54.1 Å². The normalized spacial score (nSPS) is 24.4. The fourth-order valence-electron chi connectivity index (χ4n) is 5.97. The number of anilines is 1. The van der Waals surface area contributed by atoms with Gasteiger partial charge in [-0.15, -0.1) is 5.10 Å². The Morgan fingerprint density at radius 1 is 1.24 bits per heavy atom. The second kappa shape index (κ2) is 8.55. The number of carbonyl (C=O) groups is 2. The quantitative estimate of drug-likeness (QED) is 0.491. The predicted molar refractivity (Wildman–Crippen MR) is 140 cm³/mol. The van der Waals surface area contributed by atoms with Crippen molar-refractivity contribution < 1.29 is 14.7 Å². The summed E-state index contributed by atoms with van der Waals surface area (Å²) in [6, 6.07) is 6.12. The molecule has 9 nitrogen and oxygen atoms in total. The number of nitrogens with one attached hydrogen (secondary N) is 1. The number of aliphatic hydroxyl groups is 1. The van der Waals surface area contributed by atoms with Crippen molar-refractivity contribution in [2.24, 2.45) is 5.92 Å². The van der Waals surface area contributed by atoms with Crippen LogP contribution in [0.15, 0.2) is 24.4 Å². The number of nitrogen functional groups attached to an aromatic ring is 1. The summed E-state index contributed by atoms with van der Waals surface area (Å²) in [6.07, 6.45) is 6.85. The lowest BCUT2D eigenvalue weighted by Crippen LogP contribution is -2.42. The molecule has 0 radical (unpaired) electrons. The van der Waals surface area contributed by atoms with Gasteiger partial charge in [0.15, 0.2) is 11.5 Å². The summed E-state index contributed by atoms with van der Waals surface area (Å²) in [6.45, 7) is 6.58. The summed E-state index contributed by atoms with van der Waals surface area (Å²) in [7, 11) is 0. The van der Waals surface area contributed by atoms with Crippen LogP contribution in [-0.2, 0) is 6.54 Å². The molecule has 3 aliphatic rings. The zero-order valence-electron chi connectivity index (χ0n) is 21.6. The van der Waals surface area contributed by atoms with Crippen LogP contribution in [0.3, 0.4) is 0 Å². The molecule has 1 aliphatic heterocycles. The average Bonchev–Trinajstić information content (AvgIpc) is 3.57. The molecule has 4 N–H and O–H groups in total. The monoisotopic (exact) mass is 502 g/mol. The van der Waals surface area contributed by atoms with Crippen LogP contribution in [0.1, 0.15) is 84.2 Å². The van der Waals surface area contributed by atoms with E-state index in [2.05, 4.69) is 17.3 Å². The maximum absolute atomic E-state index is 13.2. The van der Waals surface area contributed by atoms with Crippen molar-refractivity contribution >= 4 is 23.3 Å². The minimum atomic E-state index is -0.674. The van der Waals surface area contributed by atoms with Gasteiger partial charge in [0, 0.05) is 36.0 Å². The number of hydrogen-bond donors (Lipinski definition) is 3. The van der Waals surface area contributed by atoms with Gasteiger partial charge < -0.3 is 21.1 Å². The van der Waals surface area contributed by atoms with Gasteiger partial charge >= 0.3 is 0 Å². The lowest BCUT2D eigenvalue weighted by Gasteiger charge is -2.33. The van der Waals surface area contributed by atoms with E-state index in [0.29, 0.717) is 49.5 Å². The molecule has 37 heavy (non-hydrogen) atoms. The van der Waals surface area contributed by atoms with Crippen molar-refractivity contribution in [1.29, 1.82) is 0 Å². The molecule has 6 rings (SSSR count). The van der Waals surface area contributed by atoms with Crippen LogP contribution < -0.4 is 11.1 Å². The highest BCUT2D eigenvalue weighted by Crippen LogP contribution is 2.40. The molecule has 0 spiro atoms. The second-order valence-electron chi connectivity index (χ2n) is 11.4. The van der Waals surface area contributed by atoms with Crippen LogP contribution in [0, 0.1) is 12.8 Å². The topological polar surface area (TPSA) is 126 Å². The summed E-state index contributed by atoms with van der Waals surface area (Å²) in [5.74, 6) is 0.559. The Labute approximate surface area is 216 Å². The molecule has 2 saturated carbocycles. The molecule has 1 aromatic carbocycles. The van der Waals surface area contributed by atoms with E-state index in [-0.39, 0.29) is 35.3 Å². The minimum absolute atomic E-state index is 0.0249. The zero-order chi connectivity index (χ0) is 26.1. The fraction of sp³-hybridized carbons (Fsp3) is 0.500. The first kappa shape index (κ1) is 23.9. The molecular weight excluding hydrogens is 468 g/mol. The van der Waals surface area contributed by atoms with E-state index < -0.39 is 5.60 Å². The molecule has 2 aliphatic carbocycles. The first-order valence-electron chi connectivity index (χ1n) is 13.2. The molecule has 1 atom stereocenters. The Morgan fingerprint density at radius 2 is 1.97 bits per heavy atom. The molecule has 2 aromatic heterocycles. The number of nitrogens with two attached hydrogens (primary N) is 1. The van der Waals surface area contributed by atoms with Crippen LogP contribution in [0.25, 0.3) is 16.9 Å². The lowest BCUT2D eigenvalue weighted by atomic mass is 9.83. The third-order valence-electron chi connectivity index (χ3n) is 8.46. The standard InChI is InChI=1S/C28H34N6O3/c1-15-12-18(13-19-14-33(27(36)22(15)19)16(2)17-4-5-17)21-8-11-34-25(31-21)23(24(29)32-34)26(35)30-20-6-9-28(3,37)10-7-20/h8,11-13,16-17,20,37H,4-7,9-10,14H2,1-3H3,(H2,29,32)(H,30,35)/t16-,20-,28+/m0/s1. The SMILES string of the molecule is Cc1cc(-c2ccn3nc(N)c(C(=O)N[C@H]4CC[C@@](C)(O)CC4)c3n2)cc2c1C(=O)N([C@@H](C)C1CC1)C2. The zero-order valence-corrected chi connectivity index (χ0v) is 21.6. The molecule has 0 saturated heterocycles. The van der Waals surface area contributed by atoms with Gasteiger partial charge in [-0.2, -0.15) is 0 Å². The van der Waals surface area contributed by atoms with Gasteiger partial charge in [-0.1, -0.05) is 0 Å². The minimum Gasteiger partial charge on any atom is -0.390 e. The number of aryl methyl sites for hydroxylation is 1. The van der Waals surface area contributed by atoms with E-state index in [1.165, 1.54) is 17.4 Å². The molecule has 0 bridgehead atoms. The number of hydrogen-bond acceptors (Lipinski definition) is 6. The van der Waals surface area contributed by atoms with Gasteiger partial charge in [0.25, 0.3) is 11.8 Å². The maximum atomic E-state index is 13.2.